The van der Waals surface area contributed by atoms with E-state index >= 15 is 0 Å². The molecule has 1 saturated heterocycles. The Balaban J connectivity index is 1.39. The number of amides is 2. The number of aromatic nitrogens is 1. The average molecular weight is 432 g/mol. The van der Waals surface area contributed by atoms with Crippen LogP contribution in [-0.2, 0) is 0 Å². The molecule has 4 rings (SSSR count). The molecular weight excluding hydrogens is 408 g/mol. The zero-order valence-corrected chi connectivity index (χ0v) is 17.7. The van der Waals surface area contributed by atoms with Crippen molar-refractivity contribution in [2.24, 2.45) is 0 Å². The monoisotopic (exact) mass is 432 g/mol. The summed E-state index contributed by atoms with van der Waals surface area (Å²) < 4.78 is 0. The van der Waals surface area contributed by atoms with E-state index in [4.69, 9.17) is 0 Å². The van der Waals surface area contributed by atoms with E-state index in [1.165, 1.54) is 12.3 Å². The summed E-state index contributed by atoms with van der Waals surface area (Å²) in [7, 11) is 1.97. The maximum atomic E-state index is 12.9. The molecule has 1 aliphatic heterocycles. The molecule has 0 atom stereocenters. The number of urea groups is 1. The van der Waals surface area contributed by atoms with Gasteiger partial charge in [0.1, 0.15) is 0 Å². The van der Waals surface area contributed by atoms with E-state index in [0.29, 0.717) is 26.2 Å². The summed E-state index contributed by atoms with van der Waals surface area (Å²) in [5.41, 5.74) is 3.48. The number of hydrogen-bond acceptors (Lipinski definition) is 6. The molecule has 9 heteroatoms. The molecule has 1 N–H and O–H groups in total. The molecule has 0 radical (unpaired) electrons. The van der Waals surface area contributed by atoms with Crippen molar-refractivity contribution in [2.45, 2.75) is 0 Å². The lowest BCUT2D eigenvalue weighted by Gasteiger charge is -2.35. The third-order valence-corrected chi connectivity index (χ3v) is 5.50. The number of para-hydroxylation sites is 3. The second-order valence-corrected chi connectivity index (χ2v) is 7.45. The summed E-state index contributed by atoms with van der Waals surface area (Å²) in [6.45, 7) is 2.33. The van der Waals surface area contributed by atoms with Crippen LogP contribution >= 0.6 is 0 Å². The van der Waals surface area contributed by atoms with E-state index in [2.05, 4.69) is 15.2 Å². The molecule has 0 unspecified atom stereocenters. The maximum absolute atomic E-state index is 12.9. The minimum absolute atomic E-state index is 0.152. The molecule has 9 nitrogen and oxygen atoms in total. The number of hydrogen-bond donors (Lipinski definition) is 1. The molecule has 164 valence electrons. The molecule has 1 aliphatic rings. The Hall–Kier alpha value is -4.14. The Morgan fingerprint density at radius 1 is 1.00 bits per heavy atom. The SMILES string of the molecule is CN(c1ccccc1)c1ccccc1NC(=O)N1CCN(c2ccc([N+](=O)[O-])nc2)CC1. The van der Waals surface area contributed by atoms with E-state index in [1.54, 1.807) is 11.0 Å². The molecular formula is C23H24N6O3. The highest BCUT2D eigenvalue weighted by atomic mass is 16.6. The van der Waals surface area contributed by atoms with Crippen molar-refractivity contribution in [1.82, 2.24) is 9.88 Å². The molecule has 2 aromatic carbocycles. The van der Waals surface area contributed by atoms with Crippen molar-refractivity contribution in [3.63, 3.8) is 0 Å². The van der Waals surface area contributed by atoms with Crippen molar-refractivity contribution < 1.29 is 9.72 Å². The molecule has 0 spiro atoms. The van der Waals surface area contributed by atoms with Crippen LogP contribution < -0.4 is 15.1 Å². The van der Waals surface area contributed by atoms with Crippen LogP contribution in [0.15, 0.2) is 72.9 Å². The summed E-state index contributed by atoms with van der Waals surface area (Å²) in [6, 6.07) is 20.6. The van der Waals surface area contributed by atoms with Crippen LogP contribution in [0.5, 0.6) is 0 Å². The number of nitrogens with one attached hydrogen (secondary N) is 1. The number of anilines is 4. The summed E-state index contributed by atoms with van der Waals surface area (Å²) in [6.07, 6.45) is 1.50. The zero-order chi connectivity index (χ0) is 22.5. The molecule has 3 aromatic rings. The van der Waals surface area contributed by atoms with Crippen LogP contribution in [-0.4, -0.2) is 54.1 Å². The fourth-order valence-corrected chi connectivity index (χ4v) is 3.70. The van der Waals surface area contributed by atoms with Gasteiger partial charge in [-0.15, -0.1) is 0 Å². The molecule has 32 heavy (non-hydrogen) atoms. The van der Waals surface area contributed by atoms with Gasteiger partial charge in [0.15, 0.2) is 6.20 Å². The highest BCUT2D eigenvalue weighted by Crippen LogP contribution is 2.30. The van der Waals surface area contributed by atoms with Crippen molar-refractivity contribution >= 4 is 34.6 Å². The van der Waals surface area contributed by atoms with E-state index in [1.807, 2.05) is 66.5 Å². The summed E-state index contributed by atoms with van der Waals surface area (Å²) in [4.78, 5) is 32.9. The summed E-state index contributed by atoms with van der Waals surface area (Å²) in [5.74, 6) is -0.175. The lowest BCUT2D eigenvalue weighted by molar-refractivity contribution is -0.389. The van der Waals surface area contributed by atoms with Gasteiger partial charge in [-0.2, -0.15) is 0 Å². The van der Waals surface area contributed by atoms with Gasteiger partial charge < -0.3 is 30.1 Å². The molecule has 0 saturated carbocycles. The fraction of sp³-hybridized carbons (Fsp3) is 0.217. The van der Waals surface area contributed by atoms with Gasteiger partial charge in [0.05, 0.1) is 17.1 Å². The Labute approximate surface area is 186 Å². The maximum Gasteiger partial charge on any atom is 0.363 e. The topological polar surface area (TPSA) is 94.9 Å². The number of nitro groups is 1. The standard InChI is InChI=1S/C23H24N6O3/c1-26(18-7-3-2-4-8-18)21-10-6-5-9-20(21)25-23(30)28-15-13-27(14-16-28)19-11-12-22(24-17-19)29(31)32/h2-12,17H,13-16H2,1H3,(H,25,30). The first kappa shape index (κ1) is 21.1. The molecule has 1 aromatic heterocycles. The Morgan fingerprint density at radius 3 is 2.34 bits per heavy atom. The van der Waals surface area contributed by atoms with Crippen LogP contribution in [0, 0.1) is 10.1 Å². The van der Waals surface area contributed by atoms with Crippen molar-refractivity contribution in [3.8, 4) is 0 Å². The lowest BCUT2D eigenvalue weighted by atomic mass is 10.2. The van der Waals surface area contributed by atoms with E-state index in [0.717, 1.165) is 22.7 Å². The van der Waals surface area contributed by atoms with Gasteiger partial charge in [-0.05, 0) is 40.2 Å². The molecule has 2 amide bonds. The van der Waals surface area contributed by atoms with Gasteiger partial charge in [0.2, 0.25) is 0 Å². The van der Waals surface area contributed by atoms with E-state index in [-0.39, 0.29) is 11.8 Å². The highest BCUT2D eigenvalue weighted by Gasteiger charge is 2.23. The molecule has 0 bridgehead atoms. The van der Waals surface area contributed by atoms with Crippen LogP contribution in [0.4, 0.5) is 33.4 Å². The molecule has 1 fully saturated rings. The van der Waals surface area contributed by atoms with E-state index < -0.39 is 4.92 Å². The summed E-state index contributed by atoms with van der Waals surface area (Å²) >= 11 is 0. The van der Waals surface area contributed by atoms with Gasteiger partial charge in [0.25, 0.3) is 0 Å². The normalized spacial score (nSPS) is 13.5. The van der Waals surface area contributed by atoms with E-state index in [9.17, 15) is 14.9 Å². The Kier molecular flexibility index (Phi) is 6.16. The predicted octanol–water partition coefficient (Wildman–Crippen LogP) is 4.11. The molecule has 2 heterocycles. The smallest absolute Gasteiger partial charge is 0.363 e. The van der Waals surface area contributed by atoms with Crippen molar-refractivity contribution in [1.29, 1.82) is 0 Å². The number of benzene rings is 2. The first-order valence-electron chi connectivity index (χ1n) is 10.3. The third-order valence-electron chi connectivity index (χ3n) is 5.50. The van der Waals surface area contributed by atoms with Gasteiger partial charge in [-0.25, -0.2) is 4.79 Å². The van der Waals surface area contributed by atoms with Crippen molar-refractivity contribution in [3.05, 3.63) is 83.0 Å². The third kappa shape index (κ3) is 4.61. The number of piperazine rings is 1. The second-order valence-electron chi connectivity index (χ2n) is 7.45. The van der Waals surface area contributed by atoms with Crippen LogP contribution in [0.3, 0.4) is 0 Å². The number of carbonyl (C=O) groups excluding carboxylic acids is 1. The lowest BCUT2D eigenvalue weighted by Crippen LogP contribution is -2.50. The largest absolute Gasteiger partial charge is 0.365 e. The quantitative estimate of drug-likeness (QED) is 0.482. The average Bonchev–Trinajstić information content (AvgIpc) is 2.84. The Bertz CT molecular complexity index is 1080. The summed E-state index contributed by atoms with van der Waals surface area (Å²) in [5, 5.41) is 13.8. The zero-order valence-electron chi connectivity index (χ0n) is 17.7. The number of carbonyl (C=O) groups is 1. The van der Waals surface area contributed by atoms with Gasteiger partial charge in [-0.3, -0.25) is 0 Å². The second kappa shape index (κ2) is 9.34. The van der Waals surface area contributed by atoms with Gasteiger partial charge in [-0.1, -0.05) is 30.3 Å². The predicted molar refractivity (Wildman–Crippen MR) is 125 cm³/mol. The fourth-order valence-electron chi connectivity index (χ4n) is 3.70. The number of rotatable bonds is 5. The first-order chi connectivity index (χ1) is 15.5. The minimum atomic E-state index is -0.515. The van der Waals surface area contributed by atoms with Gasteiger partial charge >= 0.3 is 11.8 Å². The highest BCUT2D eigenvalue weighted by molar-refractivity contribution is 5.94. The first-order valence-corrected chi connectivity index (χ1v) is 10.3. The van der Waals surface area contributed by atoms with Crippen LogP contribution in [0.2, 0.25) is 0 Å². The van der Waals surface area contributed by atoms with Crippen LogP contribution in [0.25, 0.3) is 0 Å². The van der Waals surface area contributed by atoms with Crippen molar-refractivity contribution in [2.75, 3.05) is 48.3 Å². The number of pyridine rings is 1. The van der Waals surface area contributed by atoms with Gasteiger partial charge in [0, 0.05) is 45.0 Å². The Morgan fingerprint density at radius 2 is 1.69 bits per heavy atom. The minimum Gasteiger partial charge on any atom is -0.365 e. The molecule has 0 aliphatic carbocycles. The van der Waals surface area contributed by atoms with Crippen LogP contribution in [0.1, 0.15) is 0 Å². The number of nitrogens with zero attached hydrogens (tertiary/aromatic N) is 5.